The number of rotatable bonds is 6. The first-order chi connectivity index (χ1) is 12.8. The van der Waals surface area contributed by atoms with Gasteiger partial charge in [0, 0.05) is 13.1 Å². The zero-order valence-corrected chi connectivity index (χ0v) is 17.0. The molecule has 0 radical (unpaired) electrons. The molecular formula is C17H24N4O4S2. The number of carbonyl (C=O) groups excluding carboxylic acids is 1. The van der Waals surface area contributed by atoms with Crippen LogP contribution in [0.15, 0.2) is 23.1 Å². The van der Waals surface area contributed by atoms with Gasteiger partial charge in [-0.1, -0.05) is 19.9 Å². The molecule has 1 aliphatic rings. The van der Waals surface area contributed by atoms with E-state index >= 15 is 0 Å². The Kier molecular flexibility index (Phi) is 6.09. The van der Waals surface area contributed by atoms with Gasteiger partial charge >= 0.3 is 0 Å². The molecule has 148 valence electrons. The highest BCUT2D eigenvalue weighted by molar-refractivity contribution is 7.89. The molecule has 0 bridgehead atoms. The maximum atomic E-state index is 13.1. The molecular weight excluding hydrogens is 388 g/mol. The molecule has 1 saturated heterocycles. The van der Waals surface area contributed by atoms with Crippen LogP contribution in [0.25, 0.3) is 11.0 Å². The zero-order valence-electron chi connectivity index (χ0n) is 15.3. The van der Waals surface area contributed by atoms with Gasteiger partial charge in [-0.2, -0.15) is 13.1 Å². The van der Waals surface area contributed by atoms with Gasteiger partial charge < -0.3 is 10.4 Å². The van der Waals surface area contributed by atoms with E-state index < -0.39 is 15.9 Å². The fraction of sp³-hybridized carbons (Fsp3) is 0.588. The van der Waals surface area contributed by atoms with Crippen LogP contribution >= 0.6 is 11.7 Å². The van der Waals surface area contributed by atoms with E-state index in [0.717, 1.165) is 11.7 Å². The van der Waals surface area contributed by atoms with Crippen LogP contribution in [-0.4, -0.2) is 58.2 Å². The van der Waals surface area contributed by atoms with Gasteiger partial charge in [0.25, 0.3) is 0 Å². The number of hydrogen-bond donors (Lipinski definition) is 2. The summed E-state index contributed by atoms with van der Waals surface area (Å²) >= 11 is 0.976. The van der Waals surface area contributed by atoms with Crippen LogP contribution < -0.4 is 5.32 Å². The van der Waals surface area contributed by atoms with Crippen molar-refractivity contribution < 1.29 is 18.3 Å². The molecule has 0 spiro atoms. The summed E-state index contributed by atoms with van der Waals surface area (Å²) in [6.45, 7) is 4.19. The van der Waals surface area contributed by atoms with Crippen molar-refractivity contribution >= 4 is 38.7 Å². The van der Waals surface area contributed by atoms with Gasteiger partial charge in [-0.05, 0) is 30.9 Å². The number of hydrogen-bond acceptors (Lipinski definition) is 7. The molecule has 0 saturated carbocycles. The third kappa shape index (κ3) is 4.13. The van der Waals surface area contributed by atoms with E-state index in [-0.39, 0.29) is 35.9 Å². The lowest BCUT2D eigenvalue weighted by atomic mass is 9.97. The molecule has 1 fully saturated rings. The third-order valence-electron chi connectivity index (χ3n) is 4.95. The number of aromatic nitrogens is 2. The van der Waals surface area contributed by atoms with Crippen molar-refractivity contribution in [1.82, 2.24) is 18.4 Å². The molecule has 8 nitrogen and oxygen atoms in total. The number of fused-ring (bicyclic) bond motifs is 1. The first kappa shape index (κ1) is 20.1. The number of sulfonamides is 1. The molecule has 2 atom stereocenters. The van der Waals surface area contributed by atoms with Crippen LogP contribution in [0.1, 0.15) is 26.7 Å². The van der Waals surface area contributed by atoms with Gasteiger partial charge in [0.05, 0.1) is 30.3 Å². The highest BCUT2D eigenvalue weighted by Gasteiger charge is 2.35. The summed E-state index contributed by atoms with van der Waals surface area (Å²) in [5.41, 5.74) is 0.921. The van der Waals surface area contributed by atoms with Crippen molar-refractivity contribution in [3.8, 4) is 0 Å². The monoisotopic (exact) mass is 412 g/mol. The van der Waals surface area contributed by atoms with E-state index in [9.17, 15) is 18.3 Å². The van der Waals surface area contributed by atoms with Gasteiger partial charge in [0.1, 0.15) is 15.9 Å². The first-order valence-electron chi connectivity index (χ1n) is 8.97. The molecule has 10 heteroatoms. The van der Waals surface area contributed by atoms with Crippen molar-refractivity contribution in [2.24, 2.45) is 11.8 Å². The Morgan fingerprint density at radius 2 is 2.19 bits per heavy atom. The first-order valence-corrected chi connectivity index (χ1v) is 11.1. The molecule has 2 N–H and O–H groups in total. The Hall–Kier alpha value is -1.62. The lowest BCUT2D eigenvalue weighted by Crippen LogP contribution is -2.49. The van der Waals surface area contributed by atoms with E-state index in [1.165, 1.54) is 10.4 Å². The van der Waals surface area contributed by atoms with E-state index in [0.29, 0.717) is 30.4 Å². The molecule has 1 aromatic carbocycles. The van der Waals surface area contributed by atoms with Gasteiger partial charge in [0.2, 0.25) is 15.9 Å². The van der Waals surface area contributed by atoms with E-state index in [1.54, 1.807) is 12.1 Å². The maximum absolute atomic E-state index is 13.1. The topological polar surface area (TPSA) is 112 Å². The van der Waals surface area contributed by atoms with Crippen molar-refractivity contribution in [2.45, 2.75) is 37.6 Å². The van der Waals surface area contributed by atoms with Crippen molar-refractivity contribution in [3.05, 3.63) is 18.2 Å². The van der Waals surface area contributed by atoms with Crippen molar-refractivity contribution in [2.75, 3.05) is 19.7 Å². The van der Waals surface area contributed by atoms with Gasteiger partial charge in [-0.25, -0.2) is 8.42 Å². The second-order valence-corrected chi connectivity index (χ2v) is 9.57. The van der Waals surface area contributed by atoms with Gasteiger partial charge in [-0.3, -0.25) is 4.79 Å². The average molecular weight is 413 g/mol. The van der Waals surface area contributed by atoms with Crippen LogP contribution in [0.2, 0.25) is 0 Å². The Balaban J connectivity index is 1.79. The lowest BCUT2D eigenvalue weighted by molar-refractivity contribution is -0.127. The lowest BCUT2D eigenvalue weighted by Gasteiger charge is -2.32. The summed E-state index contributed by atoms with van der Waals surface area (Å²) in [5.74, 6) is -0.553. The predicted octanol–water partition coefficient (Wildman–Crippen LogP) is 1.23. The molecule has 2 aromatic rings. The smallest absolute Gasteiger partial charge is 0.245 e. The number of aliphatic hydroxyl groups is 1. The maximum Gasteiger partial charge on any atom is 0.245 e. The predicted molar refractivity (Wildman–Crippen MR) is 103 cm³/mol. The largest absolute Gasteiger partial charge is 0.394 e. The highest BCUT2D eigenvalue weighted by Crippen LogP contribution is 2.28. The summed E-state index contributed by atoms with van der Waals surface area (Å²) in [6, 6.07) is 4.58. The Morgan fingerprint density at radius 3 is 2.89 bits per heavy atom. The summed E-state index contributed by atoms with van der Waals surface area (Å²) in [4.78, 5) is 12.7. The molecule has 1 aliphatic heterocycles. The second kappa shape index (κ2) is 8.17. The number of nitrogens with one attached hydrogen (secondary N) is 1. The van der Waals surface area contributed by atoms with Crippen LogP contribution in [0.5, 0.6) is 0 Å². The molecule has 1 aromatic heterocycles. The van der Waals surface area contributed by atoms with Crippen molar-refractivity contribution in [1.29, 1.82) is 0 Å². The van der Waals surface area contributed by atoms with Crippen molar-refractivity contribution in [3.63, 3.8) is 0 Å². The Morgan fingerprint density at radius 1 is 1.41 bits per heavy atom. The summed E-state index contributed by atoms with van der Waals surface area (Å²) in [5, 5.41) is 12.3. The van der Waals surface area contributed by atoms with Crippen LogP contribution in [0, 0.1) is 11.8 Å². The molecule has 0 aliphatic carbocycles. The quantitative estimate of drug-likeness (QED) is 0.738. The van der Waals surface area contributed by atoms with Gasteiger partial charge in [0.15, 0.2) is 0 Å². The molecule has 2 heterocycles. The van der Waals surface area contributed by atoms with Crippen LogP contribution in [0.4, 0.5) is 0 Å². The standard InChI is InChI=1S/C17H24N4O4S2/c1-11(2)14(10-22)18-17(23)12-5-4-8-21(9-12)27(24,25)15-7-3-6-13-16(15)20-26-19-13/h3,6-7,11-12,14,22H,4-5,8-10H2,1-2H3,(H,18,23). The molecule has 1 amide bonds. The number of aliphatic hydroxyl groups excluding tert-OH is 1. The van der Waals surface area contributed by atoms with Crippen LogP contribution in [-0.2, 0) is 14.8 Å². The fourth-order valence-corrected chi connectivity index (χ4v) is 5.50. The number of nitrogens with zero attached hydrogens (tertiary/aromatic N) is 3. The SMILES string of the molecule is CC(C)C(CO)NC(=O)C1CCCN(S(=O)(=O)c2cccc3nsnc23)C1. The minimum atomic E-state index is -3.77. The Bertz CT molecular complexity index is 913. The third-order valence-corrected chi connectivity index (χ3v) is 7.39. The molecule has 3 rings (SSSR count). The minimum Gasteiger partial charge on any atom is -0.394 e. The minimum absolute atomic E-state index is 0.0946. The number of carbonyl (C=O) groups is 1. The van der Waals surface area contributed by atoms with E-state index in [1.807, 2.05) is 13.8 Å². The van der Waals surface area contributed by atoms with E-state index in [4.69, 9.17) is 0 Å². The second-order valence-electron chi connectivity index (χ2n) is 7.13. The number of amides is 1. The number of benzene rings is 1. The van der Waals surface area contributed by atoms with Gasteiger partial charge in [-0.15, -0.1) is 0 Å². The van der Waals surface area contributed by atoms with E-state index in [2.05, 4.69) is 14.1 Å². The summed E-state index contributed by atoms with van der Waals surface area (Å²) in [6.07, 6.45) is 1.23. The normalized spacial score (nSPS) is 20.1. The zero-order chi connectivity index (χ0) is 19.6. The highest BCUT2D eigenvalue weighted by atomic mass is 32.2. The number of piperidine rings is 1. The molecule has 27 heavy (non-hydrogen) atoms. The Labute approximate surface area is 163 Å². The summed E-state index contributed by atoms with van der Waals surface area (Å²) < 4.78 is 35.9. The van der Waals surface area contributed by atoms with Crippen LogP contribution in [0.3, 0.4) is 0 Å². The summed E-state index contributed by atoms with van der Waals surface area (Å²) in [7, 11) is -3.77. The molecule has 2 unspecified atom stereocenters. The average Bonchev–Trinajstić information content (AvgIpc) is 3.14. The fourth-order valence-electron chi connectivity index (χ4n) is 3.23.